The molecule has 0 radical (unpaired) electrons. The number of amides is 4. The highest BCUT2D eigenvalue weighted by Gasteiger charge is 2.77. The van der Waals surface area contributed by atoms with Gasteiger partial charge in [-0.05, 0) is 73.4 Å². The minimum atomic E-state index is -5.12. The summed E-state index contributed by atoms with van der Waals surface area (Å²) in [5, 5.41) is 11.1. The zero-order chi connectivity index (χ0) is 33.6. The van der Waals surface area contributed by atoms with E-state index in [0.29, 0.717) is 10.6 Å². The van der Waals surface area contributed by atoms with E-state index in [-0.39, 0.29) is 23.2 Å². The summed E-state index contributed by atoms with van der Waals surface area (Å²) in [6.45, 7) is 0. The number of halogens is 6. The number of ether oxygens (including phenoxy) is 1. The predicted octanol–water partition coefficient (Wildman–Crippen LogP) is 6.20. The van der Waals surface area contributed by atoms with E-state index in [2.05, 4.69) is 4.74 Å². The van der Waals surface area contributed by atoms with Gasteiger partial charge in [0.15, 0.2) is 9.75 Å². The second-order valence-electron chi connectivity index (χ2n) is 11.9. The number of carbonyl (C=O) groups is 4. The first-order valence-electron chi connectivity index (χ1n) is 14.4. The predicted molar refractivity (Wildman–Crippen MR) is 160 cm³/mol. The molecule has 2 aliphatic heterocycles. The van der Waals surface area contributed by atoms with Crippen molar-refractivity contribution in [3.63, 3.8) is 0 Å². The number of carbonyl (C=O) groups excluding carboxylic acids is 4. The molecule has 1 N–H and O–H groups in total. The van der Waals surface area contributed by atoms with Gasteiger partial charge in [0, 0.05) is 11.5 Å². The molecule has 47 heavy (non-hydrogen) atoms. The van der Waals surface area contributed by atoms with Crippen LogP contribution in [0.2, 0.25) is 0 Å². The van der Waals surface area contributed by atoms with Crippen molar-refractivity contribution in [3.05, 3.63) is 95.8 Å². The van der Waals surface area contributed by atoms with E-state index in [9.17, 15) is 41.8 Å². The van der Waals surface area contributed by atoms with Crippen LogP contribution in [0.4, 0.5) is 28.9 Å². The van der Waals surface area contributed by atoms with Crippen LogP contribution in [-0.4, -0.2) is 44.8 Å². The van der Waals surface area contributed by atoms with E-state index in [1.54, 1.807) is 36.4 Å². The third-order valence-electron chi connectivity index (χ3n) is 9.45. The average molecular weight is 689 g/mol. The molecule has 0 bridgehead atoms. The number of fused-ring (bicyclic) bond motifs is 4. The monoisotopic (exact) mass is 688 g/mol. The number of rotatable bonds is 4. The highest BCUT2D eigenvalue weighted by atomic mass is 35.5. The first-order valence-corrected chi connectivity index (χ1v) is 15.2. The van der Waals surface area contributed by atoms with Crippen LogP contribution in [0, 0.1) is 23.6 Å². The number of alkyl halides is 5. The van der Waals surface area contributed by atoms with Gasteiger partial charge in [0.2, 0.25) is 11.8 Å². The van der Waals surface area contributed by atoms with Crippen LogP contribution in [-0.2, 0) is 19.2 Å². The number of hydrogen-bond donors (Lipinski definition) is 1. The summed E-state index contributed by atoms with van der Waals surface area (Å²) >= 11 is 14.4. The number of nitrogens with zero attached hydrogens (tertiary/aromatic N) is 2. The Kier molecular flexibility index (Phi) is 7.00. The third-order valence-corrected chi connectivity index (χ3v) is 10.9. The zero-order valence-corrected chi connectivity index (χ0v) is 25.4. The molecule has 0 aromatic heterocycles. The fraction of sp³-hybridized carbons (Fsp3) is 0.273. The molecule has 8 nitrogen and oxygen atoms in total. The molecule has 2 heterocycles. The number of allylic oxidation sites excluding steroid dienone is 2. The number of anilines is 2. The smallest absolute Gasteiger partial charge is 0.508 e. The molecule has 0 unspecified atom stereocenters. The van der Waals surface area contributed by atoms with Gasteiger partial charge >= 0.3 is 6.36 Å². The molecule has 4 aliphatic rings. The lowest BCUT2D eigenvalue weighted by atomic mass is 9.56. The van der Waals surface area contributed by atoms with E-state index >= 15 is 0 Å². The molecular formula is C33H22Cl2F4N2O6. The van der Waals surface area contributed by atoms with Gasteiger partial charge in [-0.3, -0.25) is 24.1 Å². The summed E-state index contributed by atoms with van der Waals surface area (Å²) < 4.78 is 57.7. The van der Waals surface area contributed by atoms with Gasteiger partial charge in [0.25, 0.3) is 11.8 Å². The van der Waals surface area contributed by atoms with Gasteiger partial charge < -0.3 is 9.84 Å². The number of hydrogen-bond acceptors (Lipinski definition) is 6. The van der Waals surface area contributed by atoms with Crippen LogP contribution < -0.4 is 14.5 Å². The number of para-hydroxylation sites is 1. The molecule has 2 saturated heterocycles. The van der Waals surface area contributed by atoms with Crippen molar-refractivity contribution in [2.45, 2.75) is 34.9 Å². The van der Waals surface area contributed by atoms with Crippen molar-refractivity contribution in [2.75, 3.05) is 9.80 Å². The van der Waals surface area contributed by atoms with E-state index < -0.39 is 87.1 Å². The van der Waals surface area contributed by atoms with Gasteiger partial charge in [0.1, 0.15) is 17.3 Å². The van der Waals surface area contributed by atoms with Crippen molar-refractivity contribution < 1.29 is 46.6 Å². The number of phenolic OH excluding ortho intramolecular Hbond substituents is 1. The van der Waals surface area contributed by atoms with Crippen LogP contribution in [0.5, 0.6) is 11.5 Å². The van der Waals surface area contributed by atoms with Gasteiger partial charge in [-0.2, -0.15) is 0 Å². The van der Waals surface area contributed by atoms with Crippen LogP contribution >= 0.6 is 23.2 Å². The minimum absolute atomic E-state index is 0.00746. The molecule has 14 heteroatoms. The summed E-state index contributed by atoms with van der Waals surface area (Å²) in [4.78, 5) is 53.3. The molecule has 1 saturated carbocycles. The maximum absolute atomic E-state index is 14.4. The molecule has 4 amide bonds. The second-order valence-corrected chi connectivity index (χ2v) is 13.1. The standard InChI is InChI=1S/C33H22Cl2F4N2O6/c34-31-15-23-20(11-12-21-25(23)28(44)40(27(21)43)17-4-2-1-3-5-17)26(22-14-19(10-13-24(22)42)47-33(37,38)39)32(31,35)30(46)41(29(31)45)18-8-6-16(36)7-9-18/h1-11,13-14,21,23,25-26,42H,12,15H2/t21-,23+,25-,26+,31+,32-/m0/s1. The maximum atomic E-state index is 14.4. The molecule has 3 aromatic carbocycles. The summed E-state index contributed by atoms with van der Waals surface area (Å²) in [5.74, 6) is -9.72. The number of benzene rings is 3. The molecule has 6 atom stereocenters. The van der Waals surface area contributed by atoms with E-state index in [1.807, 2.05) is 0 Å². The Hall–Kier alpha value is -4.42. The largest absolute Gasteiger partial charge is 0.573 e. The third kappa shape index (κ3) is 4.48. The normalized spacial score (nSPS) is 30.2. The highest BCUT2D eigenvalue weighted by Crippen LogP contribution is 2.66. The van der Waals surface area contributed by atoms with Gasteiger partial charge in [0.05, 0.1) is 23.2 Å². The molecule has 0 spiro atoms. The van der Waals surface area contributed by atoms with Crippen molar-refractivity contribution in [1.29, 1.82) is 0 Å². The summed E-state index contributed by atoms with van der Waals surface area (Å²) in [7, 11) is 0. The molecule has 7 rings (SSSR count). The van der Waals surface area contributed by atoms with E-state index in [4.69, 9.17) is 23.2 Å². The van der Waals surface area contributed by atoms with Gasteiger partial charge in [-0.15, -0.1) is 36.4 Å². The SMILES string of the molecule is O=C1[C@H]2[C@H](CC=C3[C@H]2C[C@@]2(Cl)C(=O)N(c4ccc(F)cc4)C(=O)[C@@]2(Cl)[C@H]3c2cc(OC(F)(F)F)ccc2O)C(=O)N1c1ccccc1. The van der Waals surface area contributed by atoms with E-state index in [0.717, 1.165) is 47.4 Å². The summed E-state index contributed by atoms with van der Waals surface area (Å²) in [5.41, 5.74) is 0.169. The summed E-state index contributed by atoms with van der Waals surface area (Å²) in [6, 6.07) is 15.1. The second kappa shape index (κ2) is 10.5. The first-order chi connectivity index (χ1) is 22.2. The number of aromatic hydroxyl groups is 1. The Morgan fingerprint density at radius 3 is 2.15 bits per heavy atom. The Morgan fingerprint density at radius 2 is 1.49 bits per heavy atom. The molecular weight excluding hydrogens is 667 g/mol. The van der Waals surface area contributed by atoms with Crippen molar-refractivity contribution in [3.8, 4) is 11.5 Å². The van der Waals surface area contributed by atoms with Gasteiger partial charge in [-0.25, -0.2) is 9.29 Å². The summed E-state index contributed by atoms with van der Waals surface area (Å²) in [6.07, 6.45) is -3.96. The fourth-order valence-corrected chi connectivity index (χ4v) is 8.46. The Balaban J connectivity index is 1.42. The van der Waals surface area contributed by atoms with Crippen LogP contribution in [0.3, 0.4) is 0 Å². The lowest BCUT2D eigenvalue weighted by molar-refractivity contribution is -0.274. The number of phenols is 1. The average Bonchev–Trinajstić information content (AvgIpc) is 3.36. The molecule has 3 aromatic rings. The van der Waals surface area contributed by atoms with E-state index in [1.165, 1.54) is 0 Å². The minimum Gasteiger partial charge on any atom is -0.508 e. The topological polar surface area (TPSA) is 104 Å². The lowest BCUT2D eigenvalue weighted by Crippen LogP contribution is -2.60. The lowest BCUT2D eigenvalue weighted by Gasteiger charge is -2.50. The quantitative estimate of drug-likeness (QED) is 0.152. The molecule has 2 aliphatic carbocycles. The zero-order valence-electron chi connectivity index (χ0n) is 23.9. The molecule has 3 fully saturated rings. The van der Waals surface area contributed by atoms with Crippen molar-refractivity contribution in [2.24, 2.45) is 17.8 Å². The Morgan fingerprint density at radius 1 is 0.830 bits per heavy atom. The Labute approximate surface area is 274 Å². The molecule has 242 valence electrons. The maximum Gasteiger partial charge on any atom is 0.573 e. The highest BCUT2D eigenvalue weighted by molar-refractivity contribution is 6.58. The van der Waals surface area contributed by atoms with Crippen LogP contribution in [0.1, 0.15) is 24.3 Å². The van der Waals surface area contributed by atoms with Crippen molar-refractivity contribution in [1.82, 2.24) is 0 Å². The fourth-order valence-electron chi connectivity index (χ4n) is 7.54. The first kappa shape index (κ1) is 31.2. The van der Waals surface area contributed by atoms with Crippen molar-refractivity contribution >= 4 is 58.2 Å². The van der Waals surface area contributed by atoms with Crippen LogP contribution in [0.25, 0.3) is 0 Å². The Bertz CT molecular complexity index is 1890. The van der Waals surface area contributed by atoms with Crippen LogP contribution in [0.15, 0.2) is 84.4 Å². The number of imide groups is 2. The van der Waals surface area contributed by atoms with Gasteiger partial charge in [-0.1, -0.05) is 29.8 Å².